The minimum absolute atomic E-state index is 0.209. The Kier molecular flexibility index (Phi) is 2.57. The first kappa shape index (κ1) is 12.2. The van der Waals surface area contributed by atoms with E-state index < -0.39 is 23.8 Å². The standard InChI is InChI=1S/C9H11F3N2O3/c1-4-6(15)14-8(3-13-4)2-5(8)17-7(16)9(10,11)12/h4-5,13H,2-3H2,1H3,(H,14,15). The van der Waals surface area contributed by atoms with Crippen molar-refractivity contribution in [1.29, 1.82) is 0 Å². The number of esters is 1. The molecule has 1 aliphatic carbocycles. The Morgan fingerprint density at radius 1 is 1.53 bits per heavy atom. The van der Waals surface area contributed by atoms with E-state index in [1.807, 2.05) is 0 Å². The van der Waals surface area contributed by atoms with Gasteiger partial charge in [0.05, 0.1) is 11.6 Å². The highest BCUT2D eigenvalue weighted by molar-refractivity contribution is 5.84. The smallest absolute Gasteiger partial charge is 0.453 e. The Bertz CT molecular complexity index is 371. The van der Waals surface area contributed by atoms with E-state index in [-0.39, 0.29) is 18.4 Å². The molecule has 0 aromatic carbocycles. The fourth-order valence-corrected chi connectivity index (χ4v) is 1.77. The quantitative estimate of drug-likeness (QED) is 0.629. The summed E-state index contributed by atoms with van der Waals surface area (Å²) in [4.78, 5) is 21.9. The minimum atomic E-state index is -5.00. The van der Waals surface area contributed by atoms with Crippen molar-refractivity contribution in [2.45, 2.75) is 37.2 Å². The van der Waals surface area contributed by atoms with Crippen molar-refractivity contribution in [2.75, 3.05) is 6.54 Å². The number of carbonyl (C=O) groups is 2. The van der Waals surface area contributed by atoms with Crippen molar-refractivity contribution >= 4 is 11.9 Å². The number of rotatable bonds is 1. The summed E-state index contributed by atoms with van der Waals surface area (Å²) in [5.74, 6) is -2.52. The average Bonchev–Trinajstić information content (AvgIpc) is 2.84. The van der Waals surface area contributed by atoms with E-state index >= 15 is 0 Å². The van der Waals surface area contributed by atoms with Crippen LogP contribution < -0.4 is 10.6 Å². The van der Waals surface area contributed by atoms with Crippen molar-refractivity contribution < 1.29 is 27.5 Å². The van der Waals surface area contributed by atoms with Crippen molar-refractivity contribution in [3.05, 3.63) is 0 Å². The van der Waals surface area contributed by atoms with E-state index in [4.69, 9.17) is 0 Å². The van der Waals surface area contributed by atoms with E-state index in [1.54, 1.807) is 6.92 Å². The molecular formula is C9H11F3N2O3. The molecule has 0 aromatic rings. The lowest BCUT2D eigenvalue weighted by Gasteiger charge is -2.29. The summed E-state index contributed by atoms with van der Waals surface area (Å²) in [5, 5.41) is 5.42. The summed E-state index contributed by atoms with van der Waals surface area (Å²) >= 11 is 0. The van der Waals surface area contributed by atoms with Gasteiger partial charge in [-0.25, -0.2) is 4.79 Å². The number of hydrogen-bond donors (Lipinski definition) is 2. The van der Waals surface area contributed by atoms with Gasteiger partial charge in [0.2, 0.25) is 5.91 Å². The Hall–Kier alpha value is -1.31. The molecular weight excluding hydrogens is 241 g/mol. The molecule has 0 bridgehead atoms. The van der Waals surface area contributed by atoms with Gasteiger partial charge >= 0.3 is 12.1 Å². The Labute approximate surface area is 94.7 Å². The van der Waals surface area contributed by atoms with Crippen LogP contribution in [0.2, 0.25) is 0 Å². The maximum Gasteiger partial charge on any atom is 0.490 e. The number of amides is 1. The fraction of sp³-hybridized carbons (Fsp3) is 0.778. The molecule has 2 aliphatic rings. The summed E-state index contributed by atoms with van der Waals surface area (Å²) in [5.41, 5.74) is -0.857. The van der Waals surface area contributed by atoms with Crippen molar-refractivity contribution in [2.24, 2.45) is 0 Å². The molecule has 0 aromatic heterocycles. The van der Waals surface area contributed by atoms with Crippen LogP contribution in [0.5, 0.6) is 0 Å². The van der Waals surface area contributed by atoms with E-state index in [2.05, 4.69) is 15.4 Å². The van der Waals surface area contributed by atoms with Crippen LogP contribution in [0.15, 0.2) is 0 Å². The van der Waals surface area contributed by atoms with Crippen LogP contribution >= 0.6 is 0 Å². The number of nitrogens with one attached hydrogen (secondary N) is 2. The molecule has 0 radical (unpaired) electrons. The molecule has 96 valence electrons. The predicted molar refractivity (Wildman–Crippen MR) is 48.9 cm³/mol. The first-order valence-electron chi connectivity index (χ1n) is 5.08. The van der Waals surface area contributed by atoms with Gasteiger partial charge in [-0.3, -0.25) is 4.79 Å². The van der Waals surface area contributed by atoms with Crippen LogP contribution in [0.25, 0.3) is 0 Å². The van der Waals surface area contributed by atoms with Gasteiger partial charge in [0, 0.05) is 13.0 Å². The molecule has 3 unspecified atom stereocenters. The van der Waals surface area contributed by atoms with Crippen LogP contribution in [-0.4, -0.2) is 42.3 Å². The SMILES string of the molecule is CC1NCC2(CC2OC(=O)C(F)(F)F)NC1=O. The van der Waals surface area contributed by atoms with Gasteiger partial charge in [-0.15, -0.1) is 0 Å². The maximum absolute atomic E-state index is 12.0. The molecule has 3 atom stereocenters. The number of carbonyl (C=O) groups excluding carboxylic acids is 2. The second kappa shape index (κ2) is 3.59. The number of piperazine rings is 1. The Balaban J connectivity index is 1.92. The molecule has 1 saturated heterocycles. The second-order valence-corrected chi connectivity index (χ2v) is 4.34. The van der Waals surface area contributed by atoms with E-state index in [0.717, 1.165) is 0 Å². The highest BCUT2D eigenvalue weighted by atomic mass is 19.4. The molecule has 1 aliphatic heterocycles. The second-order valence-electron chi connectivity index (χ2n) is 4.34. The van der Waals surface area contributed by atoms with Gasteiger partial charge in [0.15, 0.2) is 0 Å². The van der Waals surface area contributed by atoms with Gasteiger partial charge in [-0.1, -0.05) is 0 Å². The van der Waals surface area contributed by atoms with Crippen LogP contribution in [0, 0.1) is 0 Å². The van der Waals surface area contributed by atoms with Crippen molar-refractivity contribution in [3.63, 3.8) is 0 Å². The Morgan fingerprint density at radius 2 is 2.18 bits per heavy atom. The van der Waals surface area contributed by atoms with Crippen molar-refractivity contribution in [3.8, 4) is 0 Å². The van der Waals surface area contributed by atoms with Gasteiger partial charge in [-0.05, 0) is 6.92 Å². The van der Waals surface area contributed by atoms with Gasteiger partial charge in [-0.2, -0.15) is 13.2 Å². The molecule has 1 spiro atoms. The van der Waals surface area contributed by atoms with E-state index in [0.29, 0.717) is 6.54 Å². The van der Waals surface area contributed by atoms with Crippen molar-refractivity contribution in [1.82, 2.24) is 10.6 Å². The monoisotopic (exact) mass is 252 g/mol. The largest absolute Gasteiger partial charge is 0.490 e. The predicted octanol–water partition coefficient (Wildman–Crippen LogP) is -0.289. The topological polar surface area (TPSA) is 67.4 Å². The van der Waals surface area contributed by atoms with Crippen LogP contribution in [0.1, 0.15) is 13.3 Å². The Morgan fingerprint density at radius 3 is 2.71 bits per heavy atom. The molecule has 1 saturated carbocycles. The molecule has 8 heteroatoms. The van der Waals surface area contributed by atoms with Crippen LogP contribution in [0.4, 0.5) is 13.2 Å². The van der Waals surface area contributed by atoms with E-state index in [1.165, 1.54) is 0 Å². The summed E-state index contributed by atoms with van der Waals surface area (Å²) in [6.07, 6.45) is -5.69. The lowest BCUT2D eigenvalue weighted by molar-refractivity contribution is -0.201. The highest BCUT2D eigenvalue weighted by Gasteiger charge is 2.61. The van der Waals surface area contributed by atoms with Gasteiger partial charge in [0.25, 0.3) is 0 Å². The first-order valence-corrected chi connectivity index (χ1v) is 5.08. The summed E-state index contributed by atoms with van der Waals surface area (Å²) in [6.45, 7) is 1.94. The summed E-state index contributed by atoms with van der Waals surface area (Å²) in [6, 6.07) is -0.389. The van der Waals surface area contributed by atoms with E-state index in [9.17, 15) is 22.8 Å². The zero-order valence-corrected chi connectivity index (χ0v) is 8.93. The summed E-state index contributed by atoms with van der Waals surface area (Å²) in [7, 11) is 0. The molecule has 2 N–H and O–H groups in total. The molecule has 1 amide bonds. The van der Waals surface area contributed by atoms with Gasteiger partial charge in [0.1, 0.15) is 6.10 Å². The number of hydrogen-bond acceptors (Lipinski definition) is 4. The summed E-state index contributed by atoms with van der Waals surface area (Å²) < 4.78 is 40.1. The molecule has 17 heavy (non-hydrogen) atoms. The molecule has 2 fully saturated rings. The fourth-order valence-electron chi connectivity index (χ4n) is 1.77. The third-order valence-corrected chi connectivity index (χ3v) is 2.98. The molecule has 5 nitrogen and oxygen atoms in total. The number of halogens is 3. The van der Waals surface area contributed by atoms with Crippen LogP contribution in [0.3, 0.4) is 0 Å². The maximum atomic E-state index is 12.0. The molecule has 1 heterocycles. The first-order chi connectivity index (χ1) is 7.74. The molecule has 2 rings (SSSR count). The lowest BCUT2D eigenvalue weighted by Crippen LogP contribution is -2.60. The lowest BCUT2D eigenvalue weighted by atomic mass is 10.1. The highest BCUT2D eigenvalue weighted by Crippen LogP contribution is 2.41. The third kappa shape index (κ3) is 2.21. The number of alkyl halides is 3. The minimum Gasteiger partial charge on any atom is -0.453 e. The zero-order valence-electron chi connectivity index (χ0n) is 8.93. The average molecular weight is 252 g/mol. The third-order valence-electron chi connectivity index (χ3n) is 2.98. The number of ether oxygens (including phenoxy) is 1. The zero-order chi connectivity index (χ0) is 12.8. The van der Waals surface area contributed by atoms with Crippen LogP contribution in [-0.2, 0) is 14.3 Å². The normalized spacial score (nSPS) is 36.6. The van der Waals surface area contributed by atoms with Gasteiger partial charge < -0.3 is 15.4 Å².